The van der Waals surface area contributed by atoms with Crippen LogP contribution in [0.25, 0.3) is 0 Å². The van der Waals surface area contributed by atoms with E-state index in [0.717, 1.165) is 23.3 Å². The molecule has 0 radical (unpaired) electrons. The average molecular weight is 494 g/mol. The third-order valence-corrected chi connectivity index (χ3v) is 5.96. The summed E-state index contributed by atoms with van der Waals surface area (Å²) in [4.78, 5) is 43.6. The van der Waals surface area contributed by atoms with E-state index in [4.69, 9.17) is 9.47 Å². The van der Waals surface area contributed by atoms with Gasteiger partial charge in [0.1, 0.15) is 15.7 Å². The number of fused-ring (bicyclic) bond motifs is 1. The zero-order valence-corrected chi connectivity index (χ0v) is 19.9. The summed E-state index contributed by atoms with van der Waals surface area (Å²) < 4.78 is 49.4. The van der Waals surface area contributed by atoms with Crippen molar-refractivity contribution in [3.8, 4) is 11.6 Å². The fourth-order valence-electron chi connectivity index (χ4n) is 3.57. The molecule has 12 heteroatoms. The third kappa shape index (κ3) is 5.01. The summed E-state index contributed by atoms with van der Waals surface area (Å²) in [5.74, 6) is -3.42. The van der Waals surface area contributed by atoms with Crippen LogP contribution in [0.5, 0.6) is 11.6 Å². The molecule has 182 valence electrons. The molecular weight excluding hydrogens is 469 g/mol. The lowest BCUT2D eigenvalue weighted by Gasteiger charge is -2.26. The van der Waals surface area contributed by atoms with Crippen LogP contribution in [0, 0.1) is 5.82 Å². The Hall–Kier alpha value is -3.54. The summed E-state index contributed by atoms with van der Waals surface area (Å²) in [5, 5.41) is 2.42. The minimum Gasteiger partial charge on any atom is -0.491 e. The molecule has 1 aromatic heterocycles. The standard InChI is InChI=1S/C22H24FN3O7S/c1-5-18(27)24-15-10-12(23)9-13-19(15)22(29)26(21(13)28)16(11-34(4,30)31)14-7-8-17(32-3)20(25-14)33-6-2/h7-10,16H,5-6,11H2,1-4H3,(H,24,27)/t16-/m0/s1. The molecule has 0 unspecified atom stereocenters. The molecule has 10 nitrogen and oxygen atoms in total. The van der Waals surface area contributed by atoms with Crippen LogP contribution in [-0.2, 0) is 14.6 Å². The highest BCUT2D eigenvalue weighted by Crippen LogP contribution is 2.37. The molecule has 0 spiro atoms. The first-order chi connectivity index (χ1) is 16.0. The van der Waals surface area contributed by atoms with Crippen LogP contribution in [0.1, 0.15) is 52.7 Å². The summed E-state index contributed by atoms with van der Waals surface area (Å²) >= 11 is 0. The van der Waals surface area contributed by atoms with E-state index in [-0.39, 0.29) is 47.2 Å². The van der Waals surface area contributed by atoms with Crippen LogP contribution in [0.2, 0.25) is 0 Å². The number of carbonyl (C=O) groups is 3. The van der Waals surface area contributed by atoms with Gasteiger partial charge in [0.2, 0.25) is 5.91 Å². The molecule has 2 aromatic rings. The third-order valence-electron chi connectivity index (χ3n) is 5.04. The maximum Gasteiger partial charge on any atom is 0.264 e. The van der Waals surface area contributed by atoms with Gasteiger partial charge in [0.25, 0.3) is 17.7 Å². The Morgan fingerprint density at radius 2 is 1.91 bits per heavy atom. The van der Waals surface area contributed by atoms with Gasteiger partial charge in [0, 0.05) is 12.7 Å². The maximum atomic E-state index is 14.2. The minimum atomic E-state index is -3.73. The zero-order valence-electron chi connectivity index (χ0n) is 19.0. The van der Waals surface area contributed by atoms with Crippen LogP contribution < -0.4 is 14.8 Å². The topological polar surface area (TPSA) is 132 Å². The molecular formula is C22H24FN3O7S. The first-order valence-electron chi connectivity index (χ1n) is 10.4. The Balaban J connectivity index is 2.15. The first-order valence-corrected chi connectivity index (χ1v) is 12.4. The van der Waals surface area contributed by atoms with E-state index in [1.54, 1.807) is 13.8 Å². The smallest absolute Gasteiger partial charge is 0.264 e. The molecule has 0 fully saturated rings. The van der Waals surface area contributed by atoms with Gasteiger partial charge in [-0.3, -0.25) is 19.3 Å². The fourth-order valence-corrected chi connectivity index (χ4v) is 4.46. The van der Waals surface area contributed by atoms with Crippen LogP contribution in [-0.4, -0.2) is 61.7 Å². The number of imide groups is 1. The van der Waals surface area contributed by atoms with E-state index in [9.17, 15) is 27.2 Å². The van der Waals surface area contributed by atoms with Crippen LogP contribution >= 0.6 is 0 Å². The summed E-state index contributed by atoms with van der Waals surface area (Å²) in [6.07, 6.45) is 1.02. The minimum absolute atomic E-state index is 0.0551. The second-order valence-electron chi connectivity index (χ2n) is 7.54. The largest absolute Gasteiger partial charge is 0.491 e. The molecule has 0 saturated carbocycles. The summed E-state index contributed by atoms with van der Waals surface area (Å²) in [5.41, 5.74) is -0.610. The molecule has 0 saturated heterocycles. The van der Waals surface area contributed by atoms with Crippen molar-refractivity contribution in [2.45, 2.75) is 26.3 Å². The van der Waals surface area contributed by atoms with Gasteiger partial charge in [-0.1, -0.05) is 6.92 Å². The number of carbonyl (C=O) groups excluding carboxylic acids is 3. The number of ether oxygens (including phenoxy) is 2. The van der Waals surface area contributed by atoms with Gasteiger partial charge < -0.3 is 14.8 Å². The van der Waals surface area contributed by atoms with E-state index in [2.05, 4.69) is 10.3 Å². The Labute approximate surface area is 196 Å². The van der Waals surface area contributed by atoms with E-state index in [1.165, 1.54) is 19.2 Å². The van der Waals surface area contributed by atoms with Gasteiger partial charge in [-0.15, -0.1) is 0 Å². The first kappa shape index (κ1) is 25.1. The van der Waals surface area contributed by atoms with E-state index >= 15 is 0 Å². The van der Waals surface area contributed by atoms with Crippen molar-refractivity contribution >= 4 is 33.2 Å². The normalized spacial score (nSPS) is 14.1. The van der Waals surface area contributed by atoms with Crippen molar-refractivity contribution in [1.29, 1.82) is 0 Å². The predicted molar refractivity (Wildman–Crippen MR) is 120 cm³/mol. The second kappa shape index (κ2) is 9.75. The molecule has 0 aliphatic carbocycles. The zero-order chi connectivity index (χ0) is 25.2. The molecule has 2 heterocycles. The SMILES string of the molecule is CCOc1nc([C@H](CS(C)(=O)=O)N2C(=O)c3cc(F)cc(NC(=O)CC)c3C2=O)ccc1OC. The number of aromatic nitrogens is 1. The van der Waals surface area contributed by atoms with Crippen molar-refractivity contribution in [2.24, 2.45) is 0 Å². The van der Waals surface area contributed by atoms with Gasteiger partial charge in [-0.2, -0.15) is 0 Å². The number of anilines is 1. The van der Waals surface area contributed by atoms with E-state index in [0.29, 0.717) is 0 Å². The highest BCUT2D eigenvalue weighted by Gasteiger charge is 2.44. The summed E-state index contributed by atoms with van der Waals surface area (Å²) in [7, 11) is -2.33. The number of sulfone groups is 1. The van der Waals surface area contributed by atoms with Gasteiger partial charge >= 0.3 is 0 Å². The van der Waals surface area contributed by atoms with Crippen molar-refractivity contribution in [3.05, 3.63) is 46.9 Å². The monoisotopic (exact) mass is 493 g/mol. The number of methoxy groups -OCH3 is 1. The molecule has 1 N–H and O–H groups in total. The molecule has 3 amide bonds. The van der Waals surface area contributed by atoms with Crippen LogP contribution in [0.3, 0.4) is 0 Å². The molecule has 34 heavy (non-hydrogen) atoms. The van der Waals surface area contributed by atoms with Gasteiger partial charge in [0.05, 0.1) is 48.0 Å². The molecule has 1 aromatic carbocycles. The number of rotatable bonds is 9. The number of benzene rings is 1. The van der Waals surface area contributed by atoms with Crippen molar-refractivity contribution in [1.82, 2.24) is 9.88 Å². The Morgan fingerprint density at radius 3 is 2.50 bits per heavy atom. The van der Waals surface area contributed by atoms with Gasteiger partial charge in [-0.25, -0.2) is 17.8 Å². The molecule has 1 aliphatic rings. The Bertz CT molecular complexity index is 1260. The number of hydrogen-bond donors (Lipinski definition) is 1. The number of hydrogen-bond acceptors (Lipinski definition) is 8. The predicted octanol–water partition coefficient (Wildman–Crippen LogP) is 2.36. The van der Waals surface area contributed by atoms with E-state index < -0.39 is 45.2 Å². The van der Waals surface area contributed by atoms with Crippen LogP contribution in [0.15, 0.2) is 24.3 Å². The number of amides is 3. The lowest BCUT2D eigenvalue weighted by atomic mass is 10.1. The van der Waals surface area contributed by atoms with Gasteiger partial charge in [0.15, 0.2) is 5.75 Å². The second-order valence-corrected chi connectivity index (χ2v) is 9.73. The van der Waals surface area contributed by atoms with Crippen LogP contribution in [0.4, 0.5) is 10.1 Å². The maximum absolute atomic E-state index is 14.2. The van der Waals surface area contributed by atoms with Crippen molar-refractivity contribution in [2.75, 3.05) is 31.0 Å². The molecule has 1 aliphatic heterocycles. The van der Waals surface area contributed by atoms with Gasteiger partial charge in [-0.05, 0) is 31.2 Å². The number of nitrogens with zero attached hydrogens (tertiary/aromatic N) is 2. The highest BCUT2D eigenvalue weighted by molar-refractivity contribution is 7.90. The Morgan fingerprint density at radius 1 is 1.21 bits per heavy atom. The highest BCUT2D eigenvalue weighted by atomic mass is 32.2. The molecule has 0 bridgehead atoms. The lowest BCUT2D eigenvalue weighted by Crippen LogP contribution is -2.38. The average Bonchev–Trinajstić information content (AvgIpc) is 3.01. The summed E-state index contributed by atoms with van der Waals surface area (Å²) in [6.45, 7) is 3.52. The quantitative estimate of drug-likeness (QED) is 0.527. The number of pyridine rings is 1. The molecule has 1 atom stereocenters. The number of halogens is 1. The number of nitrogens with one attached hydrogen (secondary N) is 1. The van der Waals surface area contributed by atoms with E-state index in [1.807, 2.05) is 0 Å². The molecule has 3 rings (SSSR count). The van der Waals surface area contributed by atoms with Crippen molar-refractivity contribution in [3.63, 3.8) is 0 Å². The summed E-state index contributed by atoms with van der Waals surface area (Å²) in [6, 6.07) is 3.37. The lowest BCUT2D eigenvalue weighted by molar-refractivity contribution is -0.115. The Kier molecular flexibility index (Phi) is 7.20. The van der Waals surface area contributed by atoms with Crippen molar-refractivity contribution < 1.29 is 36.7 Å². The fraction of sp³-hybridized carbons (Fsp3) is 0.364.